The quantitative estimate of drug-likeness (QED) is 0.491. The number of hydrazone groups is 1. The maximum Gasteiger partial charge on any atom is 0.356 e. The standard InChI is InChI=1S/C20H23N3O3/c1-25-20(24)18(22-21-17-10-6-3-7-11-17)19(16-8-4-2-5-9-16)23-12-14-26-15-13-23/h2-11,19,21H,12-15H2,1H3/b22-18-. The molecule has 136 valence electrons. The van der Waals surface area contributed by atoms with Crippen molar-refractivity contribution >= 4 is 17.4 Å². The van der Waals surface area contributed by atoms with E-state index in [1.54, 1.807) is 0 Å². The number of nitrogens with zero attached hydrogens (tertiary/aromatic N) is 2. The van der Waals surface area contributed by atoms with Gasteiger partial charge in [-0.1, -0.05) is 48.5 Å². The molecular weight excluding hydrogens is 330 g/mol. The van der Waals surface area contributed by atoms with Crippen molar-refractivity contribution in [2.24, 2.45) is 5.10 Å². The van der Waals surface area contributed by atoms with E-state index in [1.807, 2.05) is 60.7 Å². The molecule has 0 amide bonds. The van der Waals surface area contributed by atoms with Gasteiger partial charge >= 0.3 is 5.97 Å². The molecule has 1 unspecified atom stereocenters. The van der Waals surface area contributed by atoms with E-state index in [9.17, 15) is 4.79 Å². The van der Waals surface area contributed by atoms with Gasteiger partial charge in [-0.05, 0) is 17.7 Å². The second kappa shape index (κ2) is 9.12. The summed E-state index contributed by atoms with van der Waals surface area (Å²) >= 11 is 0. The van der Waals surface area contributed by atoms with Crippen LogP contribution in [0.25, 0.3) is 0 Å². The third-order valence-electron chi connectivity index (χ3n) is 4.26. The zero-order valence-corrected chi connectivity index (χ0v) is 14.8. The van der Waals surface area contributed by atoms with Crippen molar-refractivity contribution in [3.63, 3.8) is 0 Å². The molecule has 6 nitrogen and oxygen atoms in total. The normalized spacial score (nSPS) is 16.7. The van der Waals surface area contributed by atoms with Gasteiger partial charge in [0.2, 0.25) is 0 Å². The summed E-state index contributed by atoms with van der Waals surface area (Å²) in [5, 5.41) is 4.43. The number of morpholine rings is 1. The number of anilines is 1. The fraction of sp³-hybridized carbons (Fsp3) is 0.300. The lowest BCUT2D eigenvalue weighted by Crippen LogP contribution is -2.44. The Morgan fingerprint density at radius 1 is 1.08 bits per heavy atom. The van der Waals surface area contributed by atoms with Crippen LogP contribution < -0.4 is 5.43 Å². The number of methoxy groups -OCH3 is 1. The molecule has 3 rings (SSSR count). The molecule has 1 fully saturated rings. The summed E-state index contributed by atoms with van der Waals surface area (Å²) in [4.78, 5) is 14.7. The second-order valence-corrected chi connectivity index (χ2v) is 5.93. The number of ether oxygens (including phenoxy) is 2. The van der Waals surface area contributed by atoms with Gasteiger partial charge in [0.05, 0.1) is 32.1 Å². The van der Waals surface area contributed by atoms with Crippen LogP contribution in [0.5, 0.6) is 0 Å². The molecule has 0 saturated carbocycles. The van der Waals surface area contributed by atoms with Gasteiger partial charge in [-0.2, -0.15) is 5.10 Å². The van der Waals surface area contributed by atoms with Crippen molar-refractivity contribution in [3.8, 4) is 0 Å². The van der Waals surface area contributed by atoms with Gasteiger partial charge in [-0.25, -0.2) is 4.79 Å². The summed E-state index contributed by atoms with van der Waals surface area (Å²) in [6, 6.07) is 19.1. The van der Waals surface area contributed by atoms with Gasteiger partial charge in [0.1, 0.15) is 0 Å². The number of hydrogen-bond acceptors (Lipinski definition) is 6. The van der Waals surface area contributed by atoms with Crippen LogP contribution in [0.4, 0.5) is 5.69 Å². The molecule has 0 aromatic heterocycles. The smallest absolute Gasteiger partial charge is 0.356 e. The van der Waals surface area contributed by atoms with Crippen LogP contribution in [0.2, 0.25) is 0 Å². The van der Waals surface area contributed by atoms with Crippen LogP contribution in [0.1, 0.15) is 11.6 Å². The zero-order chi connectivity index (χ0) is 18.2. The molecule has 1 atom stereocenters. The highest BCUT2D eigenvalue weighted by atomic mass is 16.5. The van der Waals surface area contributed by atoms with E-state index < -0.39 is 5.97 Å². The molecule has 1 aliphatic heterocycles. The number of esters is 1. The van der Waals surface area contributed by atoms with Crippen LogP contribution in [-0.2, 0) is 14.3 Å². The van der Waals surface area contributed by atoms with E-state index in [2.05, 4.69) is 15.4 Å². The summed E-state index contributed by atoms with van der Waals surface area (Å²) in [5.74, 6) is -0.450. The van der Waals surface area contributed by atoms with Crippen LogP contribution in [0.3, 0.4) is 0 Å². The van der Waals surface area contributed by atoms with Gasteiger partial charge in [0.15, 0.2) is 5.71 Å². The Bertz CT molecular complexity index is 728. The topological polar surface area (TPSA) is 63.2 Å². The number of benzene rings is 2. The Morgan fingerprint density at radius 3 is 2.31 bits per heavy atom. The van der Waals surface area contributed by atoms with E-state index in [-0.39, 0.29) is 6.04 Å². The first-order chi connectivity index (χ1) is 12.8. The van der Waals surface area contributed by atoms with Crippen LogP contribution in [0.15, 0.2) is 65.8 Å². The average Bonchev–Trinajstić information content (AvgIpc) is 2.72. The molecule has 1 saturated heterocycles. The van der Waals surface area contributed by atoms with E-state index in [0.29, 0.717) is 18.9 Å². The predicted octanol–water partition coefficient (Wildman–Crippen LogP) is 2.70. The Labute approximate surface area is 153 Å². The number of rotatable bonds is 6. The molecule has 0 spiro atoms. The van der Waals surface area contributed by atoms with Crippen LogP contribution in [0, 0.1) is 0 Å². The first-order valence-corrected chi connectivity index (χ1v) is 8.63. The highest BCUT2D eigenvalue weighted by Crippen LogP contribution is 2.24. The van der Waals surface area contributed by atoms with Gasteiger partial charge in [-0.15, -0.1) is 0 Å². The Hall–Kier alpha value is -2.70. The molecule has 26 heavy (non-hydrogen) atoms. The molecule has 1 heterocycles. The van der Waals surface area contributed by atoms with Crippen molar-refractivity contribution in [1.82, 2.24) is 4.90 Å². The van der Waals surface area contributed by atoms with E-state index >= 15 is 0 Å². The number of carbonyl (C=O) groups is 1. The largest absolute Gasteiger partial charge is 0.464 e. The monoisotopic (exact) mass is 353 g/mol. The molecule has 0 aliphatic carbocycles. The minimum Gasteiger partial charge on any atom is -0.464 e. The third-order valence-corrected chi connectivity index (χ3v) is 4.26. The van der Waals surface area contributed by atoms with Gasteiger partial charge in [0, 0.05) is 13.1 Å². The Balaban J connectivity index is 1.96. The van der Waals surface area contributed by atoms with Gasteiger partial charge < -0.3 is 9.47 Å². The van der Waals surface area contributed by atoms with Gasteiger partial charge in [-0.3, -0.25) is 10.3 Å². The predicted molar refractivity (Wildman–Crippen MR) is 101 cm³/mol. The third kappa shape index (κ3) is 4.47. The molecule has 0 radical (unpaired) electrons. The van der Waals surface area contributed by atoms with Crippen LogP contribution in [-0.4, -0.2) is 50.0 Å². The number of para-hydroxylation sites is 1. The number of carbonyl (C=O) groups excluding carboxylic acids is 1. The maximum atomic E-state index is 12.5. The molecular formula is C20H23N3O3. The second-order valence-electron chi connectivity index (χ2n) is 5.93. The molecule has 1 aliphatic rings. The summed E-state index contributed by atoms with van der Waals surface area (Å²) in [7, 11) is 1.38. The first kappa shape index (κ1) is 18.1. The minimum atomic E-state index is -0.450. The highest BCUT2D eigenvalue weighted by molar-refractivity contribution is 6.38. The average molecular weight is 353 g/mol. The molecule has 1 N–H and O–H groups in total. The minimum absolute atomic E-state index is 0.302. The Morgan fingerprint density at radius 2 is 1.69 bits per heavy atom. The van der Waals surface area contributed by atoms with Crippen molar-refractivity contribution in [2.75, 3.05) is 38.8 Å². The van der Waals surface area contributed by atoms with Crippen LogP contribution >= 0.6 is 0 Å². The van der Waals surface area contributed by atoms with E-state index in [0.717, 1.165) is 24.3 Å². The molecule has 2 aromatic rings. The van der Waals surface area contributed by atoms with Crippen molar-refractivity contribution in [3.05, 3.63) is 66.2 Å². The molecule has 2 aromatic carbocycles. The SMILES string of the molecule is COC(=O)/C(=N\Nc1ccccc1)C(c1ccccc1)N1CCOCC1. The molecule has 6 heteroatoms. The summed E-state index contributed by atoms with van der Waals surface area (Å²) in [6.07, 6.45) is 0. The van der Waals surface area contributed by atoms with Crippen molar-refractivity contribution in [1.29, 1.82) is 0 Å². The summed E-state index contributed by atoms with van der Waals surface area (Å²) < 4.78 is 10.5. The zero-order valence-electron chi connectivity index (χ0n) is 14.8. The lowest BCUT2D eigenvalue weighted by molar-refractivity contribution is -0.133. The number of hydrogen-bond donors (Lipinski definition) is 1. The van der Waals surface area contributed by atoms with Crippen molar-refractivity contribution in [2.45, 2.75) is 6.04 Å². The lowest BCUT2D eigenvalue weighted by atomic mass is 9.99. The first-order valence-electron chi connectivity index (χ1n) is 8.63. The fourth-order valence-corrected chi connectivity index (χ4v) is 2.97. The highest BCUT2D eigenvalue weighted by Gasteiger charge is 2.32. The fourth-order valence-electron chi connectivity index (χ4n) is 2.97. The lowest BCUT2D eigenvalue weighted by Gasteiger charge is -2.34. The maximum absolute atomic E-state index is 12.5. The molecule has 0 bridgehead atoms. The van der Waals surface area contributed by atoms with E-state index in [1.165, 1.54) is 7.11 Å². The Kier molecular flexibility index (Phi) is 6.35. The summed E-state index contributed by atoms with van der Waals surface area (Å²) in [5.41, 5.74) is 5.10. The van der Waals surface area contributed by atoms with E-state index in [4.69, 9.17) is 9.47 Å². The number of nitrogens with one attached hydrogen (secondary N) is 1. The summed E-state index contributed by atoms with van der Waals surface area (Å²) in [6.45, 7) is 2.70. The van der Waals surface area contributed by atoms with Gasteiger partial charge in [0.25, 0.3) is 0 Å². The van der Waals surface area contributed by atoms with Crippen molar-refractivity contribution < 1.29 is 14.3 Å².